The van der Waals surface area contributed by atoms with Gasteiger partial charge in [-0.25, -0.2) is 4.98 Å². The SMILES string of the molecule is CC1CCC(c2ccnn2C(C)C)N(C(=O)C(=O)Nc2cnc(N)c3cn[nH]c23)C1. The molecule has 0 spiro atoms. The molecule has 4 heterocycles. The average molecular weight is 410 g/mol. The van der Waals surface area contributed by atoms with Crippen LogP contribution in [-0.4, -0.2) is 48.2 Å². The number of pyridine rings is 1. The van der Waals surface area contributed by atoms with Crippen molar-refractivity contribution in [1.82, 2.24) is 29.9 Å². The standard InChI is InChI=1S/C20H26N8O2/c1-11(2)28-16(6-7-24-28)15-5-4-12(3)10-27(15)20(30)19(29)25-14-9-22-18(21)13-8-23-26-17(13)14/h6-9,11-12,15H,4-5,10H2,1-3H3,(H2,21,22)(H,23,26)(H,25,29). The number of nitrogens with one attached hydrogen (secondary N) is 2. The minimum Gasteiger partial charge on any atom is -0.383 e. The van der Waals surface area contributed by atoms with Gasteiger partial charge in [-0.2, -0.15) is 10.2 Å². The Balaban J connectivity index is 1.60. The number of rotatable bonds is 3. The molecule has 0 saturated carbocycles. The van der Waals surface area contributed by atoms with E-state index >= 15 is 0 Å². The van der Waals surface area contributed by atoms with Crippen molar-refractivity contribution >= 4 is 34.2 Å². The summed E-state index contributed by atoms with van der Waals surface area (Å²) in [6.07, 6.45) is 6.46. The van der Waals surface area contributed by atoms with E-state index in [0.717, 1.165) is 18.5 Å². The summed E-state index contributed by atoms with van der Waals surface area (Å²) in [7, 11) is 0. The number of fused-ring (bicyclic) bond motifs is 1. The smallest absolute Gasteiger partial charge is 0.314 e. The van der Waals surface area contributed by atoms with Crippen LogP contribution in [0.1, 0.15) is 51.4 Å². The molecular formula is C20H26N8O2. The number of aromatic amines is 1. The lowest BCUT2D eigenvalue weighted by Gasteiger charge is -2.38. The first-order valence-electron chi connectivity index (χ1n) is 10.1. The number of carbonyl (C=O) groups is 2. The molecule has 2 unspecified atom stereocenters. The number of likely N-dealkylation sites (tertiary alicyclic amines) is 1. The van der Waals surface area contributed by atoms with Gasteiger partial charge in [-0.05, 0) is 38.7 Å². The highest BCUT2D eigenvalue weighted by molar-refractivity contribution is 6.40. The van der Waals surface area contributed by atoms with E-state index in [1.54, 1.807) is 11.1 Å². The zero-order chi connectivity index (χ0) is 21.4. The Kier molecular flexibility index (Phi) is 5.15. The maximum absolute atomic E-state index is 13.2. The van der Waals surface area contributed by atoms with Gasteiger partial charge in [0.1, 0.15) is 5.82 Å². The molecule has 2 amide bonds. The minimum absolute atomic E-state index is 0.162. The Hall–Kier alpha value is -3.43. The van der Waals surface area contributed by atoms with Gasteiger partial charge in [-0.15, -0.1) is 0 Å². The second-order valence-electron chi connectivity index (χ2n) is 8.12. The van der Waals surface area contributed by atoms with Crippen molar-refractivity contribution in [2.75, 3.05) is 17.6 Å². The van der Waals surface area contributed by atoms with Gasteiger partial charge in [0.2, 0.25) is 0 Å². The van der Waals surface area contributed by atoms with Gasteiger partial charge in [0.25, 0.3) is 0 Å². The number of hydrogen-bond acceptors (Lipinski definition) is 6. The predicted octanol–water partition coefficient (Wildman–Crippen LogP) is 2.26. The number of aromatic nitrogens is 5. The van der Waals surface area contributed by atoms with Crippen LogP contribution in [0.15, 0.2) is 24.7 Å². The molecule has 0 bridgehead atoms. The highest BCUT2D eigenvalue weighted by atomic mass is 16.2. The minimum atomic E-state index is -0.716. The Morgan fingerprint density at radius 1 is 1.30 bits per heavy atom. The molecule has 158 valence electrons. The van der Waals surface area contributed by atoms with E-state index in [4.69, 9.17) is 5.73 Å². The molecule has 10 nitrogen and oxygen atoms in total. The third kappa shape index (κ3) is 3.49. The van der Waals surface area contributed by atoms with Crippen molar-refractivity contribution < 1.29 is 9.59 Å². The summed E-state index contributed by atoms with van der Waals surface area (Å²) in [5.41, 5.74) is 7.68. The first-order valence-corrected chi connectivity index (χ1v) is 10.1. The van der Waals surface area contributed by atoms with E-state index in [0.29, 0.717) is 34.9 Å². The summed E-state index contributed by atoms with van der Waals surface area (Å²) < 4.78 is 1.91. The number of hydrogen-bond donors (Lipinski definition) is 3. The van der Waals surface area contributed by atoms with Crippen molar-refractivity contribution in [3.8, 4) is 0 Å². The first kappa shape index (κ1) is 19.9. The largest absolute Gasteiger partial charge is 0.383 e. The fraction of sp³-hybridized carbons (Fsp3) is 0.450. The summed E-state index contributed by atoms with van der Waals surface area (Å²) in [5.74, 6) is -0.680. The highest BCUT2D eigenvalue weighted by Crippen LogP contribution is 2.34. The molecule has 4 N–H and O–H groups in total. The van der Waals surface area contributed by atoms with E-state index in [-0.39, 0.29) is 12.1 Å². The van der Waals surface area contributed by atoms with Crippen LogP contribution >= 0.6 is 0 Å². The number of amides is 2. The number of nitrogen functional groups attached to an aromatic ring is 1. The van der Waals surface area contributed by atoms with Crippen LogP contribution in [0, 0.1) is 5.92 Å². The molecule has 1 fully saturated rings. The molecular weight excluding hydrogens is 384 g/mol. The van der Waals surface area contributed by atoms with Crippen LogP contribution in [0.2, 0.25) is 0 Å². The molecule has 4 rings (SSSR count). The lowest BCUT2D eigenvalue weighted by atomic mass is 9.92. The molecule has 0 aliphatic carbocycles. The van der Waals surface area contributed by atoms with Crippen LogP contribution in [0.4, 0.5) is 11.5 Å². The molecule has 3 aromatic heterocycles. The van der Waals surface area contributed by atoms with E-state index < -0.39 is 11.8 Å². The second-order valence-corrected chi connectivity index (χ2v) is 8.12. The van der Waals surface area contributed by atoms with Crippen molar-refractivity contribution in [2.45, 2.75) is 45.7 Å². The van der Waals surface area contributed by atoms with Gasteiger partial charge in [-0.3, -0.25) is 19.4 Å². The van der Waals surface area contributed by atoms with Crippen LogP contribution in [0.25, 0.3) is 10.9 Å². The van der Waals surface area contributed by atoms with E-state index in [1.807, 2.05) is 24.6 Å². The lowest BCUT2D eigenvalue weighted by molar-refractivity contribution is -0.146. The Morgan fingerprint density at radius 3 is 2.87 bits per heavy atom. The quantitative estimate of drug-likeness (QED) is 0.567. The number of H-pyrrole nitrogens is 1. The third-order valence-electron chi connectivity index (χ3n) is 5.57. The summed E-state index contributed by atoms with van der Waals surface area (Å²) in [6.45, 7) is 6.70. The molecule has 1 aliphatic heterocycles. The summed E-state index contributed by atoms with van der Waals surface area (Å²) in [6, 6.07) is 1.90. The average Bonchev–Trinajstić information content (AvgIpc) is 3.39. The Labute approximate surface area is 173 Å². The van der Waals surface area contributed by atoms with Crippen LogP contribution < -0.4 is 11.1 Å². The van der Waals surface area contributed by atoms with E-state index in [9.17, 15) is 9.59 Å². The molecule has 2 atom stereocenters. The van der Waals surface area contributed by atoms with Gasteiger partial charge in [-0.1, -0.05) is 6.92 Å². The second kappa shape index (κ2) is 7.77. The number of anilines is 2. The van der Waals surface area contributed by atoms with Gasteiger partial charge >= 0.3 is 11.8 Å². The van der Waals surface area contributed by atoms with Crippen LogP contribution in [0.3, 0.4) is 0 Å². The maximum Gasteiger partial charge on any atom is 0.314 e. The molecule has 1 aliphatic rings. The van der Waals surface area contributed by atoms with Crippen molar-refractivity contribution in [2.24, 2.45) is 5.92 Å². The summed E-state index contributed by atoms with van der Waals surface area (Å²) in [4.78, 5) is 31.8. The van der Waals surface area contributed by atoms with Gasteiger partial charge in [0, 0.05) is 18.8 Å². The summed E-state index contributed by atoms with van der Waals surface area (Å²) >= 11 is 0. The summed E-state index contributed by atoms with van der Waals surface area (Å²) in [5, 5.41) is 14.4. The zero-order valence-corrected chi connectivity index (χ0v) is 17.3. The molecule has 0 radical (unpaired) electrons. The molecule has 1 saturated heterocycles. The van der Waals surface area contributed by atoms with Crippen molar-refractivity contribution in [1.29, 1.82) is 0 Å². The maximum atomic E-state index is 13.2. The first-order chi connectivity index (χ1) is 14.4. The van der Waals surface area contributed by atoms with Crippen LogP contribution in [-0.2, 0) is 9.59 Å². The van der Waals surface area contributed by atoms with Crippen LogP contribution in [0.5, 0.6) is 0 Å². The highest BCUT2D eigenvalue weighted by Gasteiger charge is 2.36. The normalized spacial score (nSPS) is 19.4. The topological polar surface area (TPSA) is 135 Å². The number of nitrogens with two attached hydrogens (primary N) is 1. The van der Waals surface area contributed by atoms with Crippen molar-refractivity contribution in [3.05, 3.63) is 30.4 Å². The monoisotopic (exact) mass is 410 g/mol. The lowest BCUT2D eigenvalue weighted by Crippen LogP contribution is -2.47. The third-order valence-corrected chi connectivity index (χ3v) is 5.57. The van der Waals surface area contributed by atoms with Gasteiger partial charge < -0.3 is 16.0 Å². The fourth-order valence-corrected chi connectivity index (χ4v) is 4.06. The molecule has 30 heavy (non-hydrogen) atoms. The fourth-order valence-electron chi connectivity index (χ4n) is 4.06. The van der Waals surface area contributed by atoms with Crippen molar-refractivity contribution in [3.63, 3.8) is 0 Å². The van der Waals surface area contributed by atoms with E-state index in [2.05, 4.69) is 32.5 Å². The molecule has 10 heteroatoms. The number of carbonyl (C=O) groups excluding carboxylic acids is 2. The number of nitrogens with zero attached hydrogens (tertiary/aromatic N) is 5. The van der Waals surface area contributed by atoms with E-state index in [1.165, 1.54) is 12.4 Å². The zero-order valence-electron chi connectivity index (χ0n) is 17.3. The molecule has 0 aromatic carbocycles. The predicted molar refractivity (Wildman–Crippen MR) is 112 cm³/mol. The molecule has 3 aromatic rings. The Morgan fingerprint density at radius 2 is 2.10 bits per heavy atom. The number of piperidine rings is 1. The van der Waals surface area contributed by atoms with Gasteiger partial charge in [0.15, 0.2) is 0 Å². The Bertz CT molecular complexity index is 1090. The van der Waals surface area contributed by atoms with Gasteiger partial charge in [0.05, 0.1) is 40.7 Å².